The first-order chi connectivity index (χ1) is 9.60. The van der Waals surface area contributed by atoms with Gasteiger partial charge >= 0.3 is 0 Å². The molecule has 110 valence electrons. The van der Waals surface area contributed by atoms with Crippen molar-refractivity contribution < 1.29 is 10.0 Å². The molecule has 0 aromatic heterocycles. The summed E-state index contributed by atoms with van der Waals surface area (Å²) in [5.41, 5.74) is 6.66. The van der Waals surface area contributed by atoms with Crippen molar-refractivity contribution in [1.82, 2.24) is 4.90 Å². The summed E-state index contributed by atoms with van der Waals surface area (Å²) in [6, 6.07) is 9.56. The largest absolute Gasteiger partial charge is 0.409 e. The zero-order chi connectivity index (χ0) is 15.0. The maximum atomic E-state index is 12.4. The Morgan fingerprint density at radius 3 is 2.65 bits per heavy atom. The maximum absolute atomic E-state index is 12.4. The Kier molecular flexibility index (Phi) is 6.93. The summed E-state index contributed by atoms with van der Waals surface area (Å²) in [6.07, 6.45) is 2.42. The van der Waals surface area contributed by atoms with Gasteiger partial charge in [-0.1, -0.05) is 35.5 Å². The standard InChI is InChI=1S/C14H21N3O2S/c1-17(8-9-20-2)14(18)12(13(15)16-19)10-11-6-4-3-5-7-11/h3-7,12,19H,8-10H2,1-2H3,(H2,15,16). The Morgan fingerprint density at radius 2 is 2.10 bits per heavy atom. The van der Waals surface area contributed by atoms with E-state index >= 15 is 0 Å². The molecule has 1 atom stereocenters. The van der Waals surface area contributed by atoms with E-state index in [2.05, 4.69) is 5.16 Å². The average Bonchev–Trinajstić information content (AvgIpc) is 2.49. The second-order valence-corrected chi connectivity index (χ2v) is 5.51. The predicted octanol–water partition coefficient (Wildman–Crippen LogP) is 1.41. The predicted molar refractivity (Wildman–Crippen MR) is 83.1 cm³/mol. The Hall–Kier alpha value is -1.69. The molecule has 0 spiro atoms. The Morgan fingerprint density at radius 1 is 1.45 bits per heavy atom. The molecule has 0 heterocycles. The van der Waals surface area contributed by atoms with Crippen LogP contribution in [0.1, 0.15) is 5.56 Å². The van der Waals surface area contributed by atoms with Crippen LogP contribution in [0.5, 0.6) is 0 Å². The van der Waals surface area contributed by atoms with Gasteiger partial charge in [0.1, 0.15) is 5.92 Å². The summed E-state index contributed by atoms with van der Waals surface area (Å²) in [4.78, 5) is 14.0. The van der Waals surface area contributed by atoms with Crippen molar-refractivity contribution in [3.8, 4) is 0 Å². The van der Waals surface area contributed by atoms with Crippen LogP contribution in [0.3, 0.4) is 0 Å². The number of rotatable bonds is 7. The summed E-state index contributed by atoms with van der Waals surface area (Å²) < 4.78 is 0. The van der Waals surface area contributed by atoms with Crippen LogP contribution in [0.4, 0.5) is 0 Å². The van der Waals surface area contributed by atoms with E-state index < -0.39 is 5.92 Å². The highest BCUT2D eigenvalue weighted by molar-refractivity contribution is 7.98. The molecule has 1 unspecified atom stereocenters. The minimum Gasteiger partial charge on any atom is -0.409 e. The second-order valence-electron chi connectivity index (χ2n) is 4.52. The number of carbonyl (C=O) groups excluding carboxylic acids is 1. The molecule has 0 aliphatic rings. The summed E-state index contributed by atoms with van der Waals surface area (Å²) >= 11 is 1.67. The van der Waals surface area contributed by atoms with Gasteiger partial charge in [0.25, 0.3) is 0 Å². The quantitative estimate of drug-likeness (QED) is 0.345. The van der Waals surface area contributed by atoms with Crippen LogP contribution in [0.25, 0.3) is 0 Å². The lowest BCUT2D eigenvalue weighted by atomic mass is 9.97. The number of hydrogen-bond acceptors (Lipinski definition) is 4. The molecule has 5 nitrogen and oxygen atoms in total. The molecule has 1 aromatic rings. The third-order valence-corrected chi connectivity index (χ3v) is 3.65. The molecule has 1 aromatic carbocycles. The van der Waals surface area contributed by atoms with Crippen LogP contribution in [0.15, 0.2) is 35.5 Å². The van der Waals surface area contributed by atoms with E-state index in [4.69, 9.17) is 10.9 Å². The molecule has 20 heavy (non-hydrogen) atoms. The van der Waals surface area contributed by atoms with Gasteiger partial charge in [0.2, 0.25) is 5.91 Å². The van der Waals surface area contributed by atoms with E-state index in [-0.39, 0.29) is 11.7 Å². The zero-order valence-electron chi connectivity index (χ0n) is 11.8. The SMILES string of the molecule is CSCCN(C)C(=O)C(Cc1ccccc1)/C(N)=N/O. The molecule has 0 bridgehead atoms. The minimum atomic E-state index is -0.630. The van der Waals surface area contributed by atoms with Gasteiger partial charge in [-0.2, -0.15) is 11.8 Å². The first kappa shape index (κ1) is 16.4. The van der Waals surface area contributed by atoms with Crippen molar-refractivity contribution in [2.75, 3.05) is 25.6 Å². The fourth-order valence-corrected chi connectivity index (χ4v) is 2.30. The normalized spacial score (nSPS) is 13.0. The number of amidine groups is 1. The fraction of sp³-hybridized carbons (Fsp3) is 0.429. The fourth-order valence-electron chi connectivity index (χ4n) is 1.84. The van der Waals surface area contributed by atoms with Crippen molar-refractivity contribution in [1.29, 1.82) is 0 Å². The smallest absolute Gasteiger partial charge is 0.233 e. The van der Waals surface area contributed by atoms with Gasteiger partial charge in [0.05, 0.1) is 0 Å². The number of carbonyl (C=O) groups is 1. The molecule has 0 fully saturated rings. The number of oxime groups is 1. The molecule has 0 aliphatic carbocycles. The molecule has 0 saturated heterocycles. The third-order valence-electron chi connectivity index (χ3n) is 3.06. The van der Waals surface area contributed by atoms with E-state index in [9.17, 15) is 4.79 Å². The third kappa shape index (κ3) is 4.77. The maximum Gasteiger partial charge on any atom is 0.233 e. The number of nitrogens with zero attached hydrogens (tertiary/aromatic N) is 2. The molecule has 0 aliphatic heterocycles. The first-order valence-corrected chi connectivity index (χ1v) is 7.74. The molecule has 3 N–H and O–H groups in total. The van der Waals surface area contributed by atoms with E-state index in [1.807, 2.05) is 36.6 Å². The van der Waals surface area contributed by atoms with Gasteiger partial charge in [-0.05, 0) is 18.2 Å². The van der Waals surface area contributed by atoms with Gasteiger partial charge in [-0.3, -0.25) is 4.79 Å². The Bertz CT molecular complexity index is 451. The lowest BCUT2D eigenvalue weighted by Gasteiger charge is -2.23. The molecule has 1 amide bonds. The number of nitrogens with two attached hydrogens (primary N) is 1. The van der Waals surface area contributed by atoms with Crippen LogP contribution in [-0.4, -0.2) is 47.5 Å². The van der Waals surface area contributed by atoms with Crippen LogP contribution in [0.2, 0.25) is 0 Å². The number of benzene rings is 1. The highest BCUT2D eigenvalue weighted by atomic mass is 32.2. The summed E-state index contributed by atoms with van der Waals surface area (Å²) in [5, 5.41) is 11.9. The number of hydrogen-bond donors (Lipinski definition) is 2. The Balaban J connectivity index is 2.82. The van der Waals surface area contributed by atoms with Gasteiger partial charge in [-0.25, -0.2) is 0 Å². The zero-order valence-corrected chi connectivity index (χ0v) is 12.6. The van der Waals surface area contributed by atoms with Crippen LogP contribution >= 0.6 is 11.8 Å². The van der Waals surface area contributed by atoms with Crippen molar-refractivity contribution in [3.05, 3.63) is 35.9 Å². The number of thioether (sulfide) groups is 1. The number of amides is 1. The van der Waals surface area contributed by atoms with Gasteiger partial charge in [0, 0.05) is 19.3 Å². The summed E-state index contributed by atoms with van der Waals surface area (Å²) in [6.45, 7) is 0.643. The van der Waals surface area contributed by atoms with Crippen molar-refractivity contribution in [2.45, 2.75) is 6.42 Å². The van der Waals surface area contributed by atoms with E-state index in [0.29, 0.717) is 13.0 Å². The van der Waals surface area contributed by atoms with Gasteiger partial charge in [0.15, 0.2) is 5.84 Å². The van der Waals surface area contributed by atoms with Gasteiger partial charge in [-0.15, -0.1) is 0 Å². The average molecular weight is 295 g/mol. The molecular formula is C14H21N3O2S. The molecule has 0 saturated carbocycles. The molecule has 6 heteroatoms. The highest BCUT2D eigenvalue weighted by Gasteiger charge is 2.26. The molecular weight excluding hydrogens is 274 g/mol. The van der Waals surface area contributed by atoms with Crippen LogP contribution in [0, 0.1) is 5.92 Å². The summed E-state index contributed by atoms with van der Waals surface area (Å²) in [5.74, 6) is 0.0542. The highest BCUT2D eigenvalue weighted by Crippen LogP contribution is 2.12. The molecule has 0 radical (unpaired) electrons. The monoisotopic (exact) mass is 295 g/mol. The lowest BCUT2D eigenvalue weighted by molar-refractivity contribution is -0.131. The van der Waals surface area contributed by atoms with E-state index in [1.54, 1.807) is 23.7 Å². The minimum absolute atomic E-state index is 0.0464. The van der Waals surface area contributed by atoms with Crippen LogP contribution in [-0.2, 0) is 11.2 Å². The Labute approximate surface area is 123 Å². The second kappa shape index (κ2) is 8.47. The summed E-state index contributed by atoms with van der Waals surface area (Å²) in [7, 11) is 1.74. The van der Waals surface area contributed by atoms with Gasteiger partial charge < -0.3 is 15.8 Å². The van der Waals surface area contributed by atoms with Crippen molar-refractivity contribution in [3.63, 3.8) is 0 Å². The van der Waals surface area contributed by atoms with E-state index in [1.165, 1.54) is 0 Å². The van der Waals surface area contributed by atoms with E-state index in [0.717, 1.165) is 11.3 Å². The van der Waals surface area contributed by atoms with Crippen molar-refractivity contribution in [2.24, 2.45) is 16.8 Å². The van der Waals surface area contributed by atoms with Crippen LogP contribution < -0.4 is 5.73 Å². The molecule has 1 rings (SSSR count). The lowest BCUT2D eigenvalue weighted by Crippen LogP contribution is -2.42. The first-order valence-electron chi connectivity index (χ1n) is 6.35. The van der Waals surface area contributed by atoms with Crippen molar-refractivity contribution >= 4 is 23.5 Å². The topological polar surface area (TPSA) is 78.9 Å².